The van der Waals surface area contributed by atoms with E-state index in [0.717, 1.165) is 18.7 Å². The van der Waals surface area contributed by atoms with Crippen LogP contribution in [0.2, 0.25) is 0 Å². The topological polar surface area (TPSA) is 82.1 Å². The molecule has 1 aromatic rings. The van der Waals surface area contributed by atoms with Crippen molar-refractivity contribution in [1.29, 1.82) is 0 Å². The van der Waals surface area contributed by atoms with Gasteiger partial charge in [-0.25, -0.2) is 4.79 Å². The Morgan fingerprint density at radius 1 is 1.04 bits per heavy atom. The number of nitrogens with zero attached hydrogens (tertiary/aromatic N) is 2. The molecule has 2 aliphatic heterocycles. The van der Waals surface area contributed by atoms with Crippen molar-refractivity contribution >= 4 is 12.0 Å². The number of nitrogens with one attached hydrogen (secondary N) is 1. The van der Waals surface area contributed by atoms with E-state index in [1.165, 1.54) is 0 Å². The average Bonchev–Trinajstić information content (AvgIpc) is 2.67. The fourth-order valence-corrected chi connectivity index (χ4v) is 3.41. The van der Waals surface area contributed by atoms with E-state index in [4.69, 9.17) is 4.74 Å². The van der Waals surface area contributed by atoms with Crippen LogP contribution in [0.25, 0.3) is 0 Å². The molecule has 1 aromatic carbocycles. The van der Waals surface area contributed by atoms with Crippen LogP contribution in [0.4, 0.5) is 4.79 Å². The molecule has 0 aromatic heterocycles. The molecule has 0 aliphatic carbocycles. The number of piperazine rings is 1. The molecule has 0 radical (unpaired) electrons. The summed E-state index contributed by atoms with van der Waals surface area (Å²) >= 11 is 0. The van der Waals surface area contributed by atoms with Crippen molar-refractivity contribution in [1.82, 2.24) is 15.1 Å². The Labute approximate surface area is 153 Å². The van der Waals surface area contributed by atoms with E-state index in [9.17, 15) is 14.7 Å². The predicted octanol–water partition coefficient (Wildman–Crippen LogP) is 0.972. The van der Waals surface area contributed by atoms with Crippen molar-refractivity contribution in [2.24, 2.45) is 0 Å². The molecule has 26 heavy (non-hydrogen) atoms. The zero-order chi connectivity index (χ0) is 18.4. The Bertz CT molecular complexity index is 608. The number of piperidine rings is 1. The Morgan fingerprint density at radius 2 is 1.65 bits per heavy atom. The highest BCUT2D eigenvalue weighted by Crippen LogP contribution is 2.23. The normalized spacial score (nSPS) is 19.9. The summed E-state index contributed by atoms with van der Waals surface area (Å²) in [5.74, 6) is -0.0355. The van der Waals surface area contributed by atoms with Crippen LogP contribution in [0, 0.1) is 0 Å². The van der Waals surface area contributed by atoms with E-state index in [1.54, 1.807) is 9.80 Å². The monoisotopic (exact) mass is 361 g/mol. The van der Waals surface area contributed by atoms with Crippen LogP contribution in [0.5, 0.6) is 0 Å². The molecule has 2 N–H and O–H groups in total. The van der Waals surface area contributed by atoms with Crippen LogP contribution in [-0.4, -0.2) is 71.8 Å². The molecule has 2 fully saturated rings. The molecule has 0 atom stereocenters. The van der Waals surface area contributed by atoms with E-state index in [2.05, 4.69) is 5.32 Å². The molecule has 3 rings (SSSR count). The summed E-state index contributed by atoms with van der Waals surface area (Å²) in [4.78, 5) is 28.0. The van der Waals surface area contributed by atoms with Gasteiger partial charge in [-0.05, 0) is 31.5 Å². The van der Waals surface area contributed by atoms with Gasteiger partial charge in [0.2, 0.25) is 5.91 Å². The summed E-state index contributed by atoms with van der Waals surface area (Å²) in [5.41, 5.74) is 0.0542. The van der Waals surface area contributed by atoms with Gasteiger partial charge in [-0.15, -0.1) is 0 Å². The van der Waals surface area contributed by atoms with Gasteiger partial charge < -0.3 is 25.0 Å². The first-order chi connectivity index (χ1) is 12.6. The second-order valence-electron chi connectivity index (χ2n) is 7.06. The summed E-state index contributed by atoms with van der Waals surface area (Å²) in [7, 11) is 0. The molecular weight excluding hydrogens is 334 g/mol. The Balaban J connectivity index is 1.41. The molecule has 7 nitrogen and oxygen atoms in total. The average molecular weight is 361 g/mol. The molecule has 0 saturated carbocycles. The summed E-state index contributed by atoms with van der Waals surface area (Å²) in [6.07, 6.45) is 1.01. The van der Waals surface area contributed by atoms with Crippen LogP contribution >= 0.6 is 0 Å². The van der Waals surface area contributed by atoms with Crippen LogP contribution in [-0.2, 0) is 16.1 Å². The SMILES string of the molecule is O=C(CC1(O)CCNCC1)N1CCN(C(=O)OCc2ccccc2)CC1. The molecule has 2 saturated heterocycles. The van der Waals surface area contributed by atoms with E-state index in [0.29, 0.717) is 39.0 Å². The van der Waals surface area contributed by atoms with Gasteiger partial charge >= 0.3 is 6.09 Å². The highest BCUT2D eigenvalue weighted by atomic mass is 16.6. The number of hydrogen-bond donors (Lipinski definition) is 2. The number of carbonyl (C=O) groups excluding carboxylic acids is 2. The number of aliphatic hydroxyl groups is 1. The summed E-state index contributed by atoms with van der Waals surface area (Å²) < 4.78 is 5.34. The minimum atomic E-state index is -0.895. The number of rotatable bonds is 4. The van der Waals surface area contributed by atoms with Crippen LogP contribution in [0.1, 0.15) is 24.8 Å². The third-order valence-electron chi connectivity index (χ3n) is 5.11. The lowest BCUT2D eigenvalue weighted by Crippen LogP contribution is -2.53. The highest BCUT2D eigenvalue weighted by molar-refractivity contribution is 5.78. The second kappa shape index (κ2) is 8.51. The molecule has 2 amide bonds. The summed E-state index contributed by atoms with van der Waals surface area (Å²) in [6.45, 7) is 3.61. The van der Waals surface area contributed by atoms with Crippen molar-refractivity contribution in [3.05, 3.63) is 35.9 Å². The van der Waals surface area contributed by atoms with Crippen LogP contribution < -0.4 is 5.32 Å². The van der Waals surface area contributed by atoms with Gasteiger partial charge in [-0.1, -0.05) is 30.3 Å². The lowest BCUT2D eigenvalue weighted by Gasteiger charge is -2.37. The standard InChI is InChI=1S/C19H27N3O4/c23-17(14-19(25)6-8-20-9-7-19)21-10-12-22(13-11-21)18(24)26-15-16-4-2-1-3-5-16/h1-5,20,25H,6-15H2. The molecule has 0 unspecified atom stereocenters. The summed E-state index contributed by atoms with van der Waals surface area (Å²) in [6, 6.07) is 9.56. The molecule has 7 heteroatoms. The minimum Gasteiger partial charge on any atom is -0.445 e. The van der Waals surface area contributed by atoms with Crippen LogP contribution in [0.15, 0.2) is 30.3 Å². The zero-order valence-corrected chi connectivity index (χ0v) is 15.0. The van der Waals surface area contributed by atoms with Gasteiger partial charge in [0.05, 0.1) is 12.0 Å². The lowest BCUT2D eigenvalue weighted by atomic mass is 9.88. The zero-order valence-electron chi connectivity index (χ0n) is 15.0. The largest absolute Gasteiger partial charge is 0.445 e. The Kier molecular flexibility index (Phi) is 6.11. The van der Waals surface area contributed by atoms with Crippen molar-refractivity contribution < 1.29 is 19.4 Å². The van der Waals surface area contributed by atoms with E-state index in [1.807, 2.05) is 30.3 Å². The fourth-order valence-electron chi connectivity index (χ4n) is 3.41. The maximum absolute atomic E-state index is 12.5. The highest BCUT2D eigenvalue weighted by Gasteiger charge is 2.34. The molecular formula is C19H27N3O4. The van der Waals surface area contributed by atoms with Gasteiger partial charge in [0.25, 0.3) is 0 Å². The van der Waals surface area contributed by atoms with Crippen LogP contribution in [0.3, 0.4) is 0 Å². The van der Waals surface area contributed by atoms with E-state index >= 15 is 0 Å². The first-order valence-corrected chi connectivity index (χ1v) is 9.22. The lowest BCUT2D eigenvalue weighted by molar-refractivity contribution is -0.139. The van der Waals surface area contributed by atoms with Gasteiger partial charge in [0, 0.05) is 26.2 Å². The van der Waals surface area contributed by atoms with E-state index in [-0.39, 0.29) is 25.0 Å². The molecule has 0 spiro atoms. The van der Waals surface area contributed by atoms with Gasteiger partial charge in [-0.2, -0.15) is 0 Å². The van der Waals surface area contributed by atoms with Gasteiger partial charge in [-0.3, -0.25) is 4.79 Å². The van der Waals surface area contributed by atoms with Crippen molar-refractivity contribution in [3.8, 4) is 0 Å². The summed E-state index contributed by atoms with van der Waals surface area (Å²) in [5, 5.41) is 13.7. The third-order valence-corrected chi connectivity index (χ3v) is 5.11. The fraction of sp³-hybridized carbons (Fsp3) is 0.579. The maximum atomic E-state index is 12.5. The Hall–Kier alpha value is -2.12. The predicted molar refractivity (Wildman–Crippen MR) is 96.5 cm³/mol. The number of amides is 2. The molecule has 2 heterocycles. The number of ether oxygens (including phenoxy) is 1. The van der Waals surface area contributed by atoms with E-state index < -0.39 is 5.60 Å². The smallest absolute Gasteiger partial charge is 0.410 e. The molecule has 0 bridgehead atoms. The second-order valence-corrected chi connectivity index (χ2v) is 7.06. The maximum Gasteiger partial charge on any atom is 0.410 e. The first kappa shape index (κ1) is 18.7. The van der Waals surface area contributed by atoms with Crippen molar-refractivity contribution in [2.45, 2.75) is 31.5 Å². The Morgan fingerprint density at radius 3 is 2.31 bits per heavy atom. The molecule has 2 aliphatic rings. The number of benzene rings is 1. The number of carbonyl (C=O) groups is 2. The quantitative estimate of drug-likeness (QED) is 0.835. The van der Waals surface area contributed by atoms with Gasteiger partial charge in [0.15, 0.2) is 0 Å². The van der Waals surface area contributed by atoms with Crippen molar-refractivity contribution in [3.63, 3.8) is 0 Å². The van der Waals surface area contributed by atoms with Gasteiger partial charge in [0.1, 0.15) is 6.61 Å². The van der Waals surface area contributed by atoms with Crippen molar-refractivity contribution in [2.75, 3.05) is 39.3 Å². The molecule has 142 valence electrons. The number of hydrogen-bond acceptors (Lipinski definition) is 5. The first-order valence-electron chi connectivity index (χ1n) is 9.22. The minimum absolute atomic E-state index is 0.0355. The third kappa shape index (κ3) is 4.95.